The van der Waals surface area contributed by atoms with Gasteiger partial charge in [-0.1, -0.05) is 0 Å². The van der Waals surface area contributed by atoms with Crippen molar-refractivity contribution in [2.24, 2.45) is 0 Å². The Balaban J connectivity index is 1.26. The first-order valence-corrected chi connectivity index (χ1v) is 13.4. The summed E-state index contributed by atoms with van der Waals surface area (Å²) in [5, 5.41) is 4.92. The molecule has 4 aromatic rings. The maximum atomic E-state index is 12.7. The highest BCUT2D eigenvalue weighted by atomic mass is 32.2. The first kappa shape index (κ1) is 25.6. The molecule has 0 bridgehead atoms. The van der Waals surface area contributed by atoms with Gasteiger partial charge in [0.15, 0.2) is 15.5 Å². The van der Waals surface area contributed by atoms with Crippen LogP contribution in [-0.4, -0.2) is 69.4 Å². The van der Waals surface area contributed by atoms with Gasteiger partial charge in [0.05, 0.1) is 22.3 Å². The number of likely N-dealkylation sites (tertiary alicyclic amines) is 1. The number of benzene rings is 1. The Hall–Kier alpha value is -4.07. The molecule has 0 unspecified atom stereocenters. The molecule has 10 nitrogen and oxygen atoms in total. The number of hydrogen-bond donors (Lipinski definition) is 0. The lowest BCUT2D eigenvalue weighted by atomic mass is 10.1. The van der Waals surface area contributed by atoms with Crippen LogP contribution in [0.15, 0.2) is 60.0 Å². The lowest BCUT2D eigenvalue weighted by molar-refractivity contribution is -0.141. The minimum Gasteiger partial charge on any atom is -0.474 e. The van der Waals surface area contributed by atoms with Crippen LogP contribution in [0, 0.1) is 0 Å². The number of nitrogens with zero attached hydrogens (tertiary/aromatic N) is 6. The van der Waals surface area contributed by atoms with Gasteiger partial charge in [-0.25, -0.2) is 23.1 Å². The molecule has 0 aliphatic carbocycles. The number of piperidine rings is 1. The van der Waals surface area contributed by atoms with E-state index in [9.17, 15) is 26.4 Å². The molecule has 0 atom stereocenters. The average molecular weight is 547 g/mol. The quantitative estimate of drug-likeness (QED) is 0.374. The van der Waals surface area contributed by atoms with Crippen LogP contribution in [0.1, 0.15) is 28.9 Å². The maximum Gasteiger partial charge on any atom is 0.433 e. The van der Waals surface area contributed by atoms with E-state index in [2.05, 4.69) is 20.1 Å². The van der Waals surface area contributed by atoms with Crippen molar-refractivity contribution in [1.29, 1.82) is 0 Å². The summed E-state index contributed by atoms with van der Waals surface area (Å²) in [6, 6.07) is 8.17. The smallest absolute Gasteiger partial charge is 0.433 e. The lowest BCUT2D eigenvalue weighted by Crippen LogP contribution is -2.42. The van der Waals surface area contributed by atoms with Crippen molar-refractivity contribution >= 4 is 26.8 Å². The summed E-state index contributed by atoms with van der Waals surface area (Å²) in [6.07, 6.45) is 1.15. The Bertz CT molecular complexity index is 1580. The number of alkyl halides is 3. The number of rotatable bonds is 5. The number of ether oxygens (including phenoxy) is 1. The number of pyridine rings is 1. The topological polar surface area (TPSA) is 120 Å². The Morgan fingerprint density at radius 2 is 1.71 bits per heavy atom. The van der Waals surface area contributed by atoms with Crippen LogP contribution in [0.5, 0.6) is 5.88 Å². The summed E-state index contributed by atoms with van der Waals surface area (Å²) in [4.78, 5) is 26.3. The first-order valence-electron chi connectivity index (χ1n) is 11.5. The van der Waals surface area contributed by atoms with E-state index in [-0.39, 0.29) is 16.6 Å². The molecule has 1 aliphatic rings. The van der Waals surface area contributed by atoms with Gasteiger partial charge in [-0.3, -0.25) is 9.78 Å². The highest BCUT2D eigenvalue weighted by Gasteiger charge is 2.33. The highest BCUT2D eigenvalue weighted by molar-refractivity contribution is 7.90. The van der Waals surface area contributed by atoms with E-state index in [1.54, 1.807) is 27.9 Å². The number of hydrogen-bond acceptors (Lipinski definition) is 8. The average Bonchev–Trinajstić information content (AvgIpc) is 3.33. The summed E-state index contributed by atoms with van der Waals surface area (Å²) in [5.41, 5.74) is 0.129. The predicted octanol–water partition coefficient (Wildman–Crippen LogP) is 3.32. The summed E-state index contributed by atoms with van der Waals surface area (Å²) in [6.45, 7) is 0.704. The Kier molecular flexibility index (Phi) is 6.51. The zero-order valence-corrected chi connectivity index (χ0v) is 20.8. The van der Waals surface area contributed by atoms with E-state index in [0.29, 0.717) is 48.5 Å². The largest absolute Gasteiger partial charge is 0.474 e. The molecule has 5 rings (SSSR count). The van der Waals surface area contributed by atoms with Crippen molar-refractivity contribution in [3.63, 3.8) is 0 Å². The number of sulfone groups is 1. The van der Waals surface area contributed by atoms with Crippen molar-refractivity contribution in [3.05, 3.63) is 66.4 Å². The van der Waals surface area contributed by atoms with Gasteiger partial charge in [0, 0.05) is 38.4 Å². The van der Waals surface area contributed by atoms with Crippen molar-refractivity contribution in [3.8, 4) is 11.6 Å². The van der Waals surface area contributed by atoms with E-state index >= 15 is 0 Å². The summed E-state index contributed by atoms with van der Waals surface area (Å²) in [7, 11) is -3.33. The number of fused-ring (bicyclic) bond motifs is 1. The molecule has 1 fully saturated rings. The van der Waals surface area contributed by atoms with Crippen molar-refractivity contribution in [2.75, 3.05) is 19.3 Å². The number of carbonyl (C=O) groups is 1. The molecule has 0 N–H and O–H groups in total. The molecular weight excluding hydrogens is 525 g/mol. The first-order chi connectivity index (χ1) is 18.0. The molecular formula is C24H21F3N6O4S. The molecule has 1 aliphatic heterocycles. The van der Waals surface area contributed by atoms with Gasteiger partial charge in [-0.15, -0.1) is 0 Å². The van der Waals surface area contributed by atoms with Gasteiger partial charge < -0.3 is 9.64 Å². The fourth-order valence-corrected chi connectivity index (χ4v) is 4.78. The monoisotopic (exact) mass is 546 g/mol. The predicted molar refractivity (Wildman–Crippen MR) is 129 cm³/mol. The lowest BCUT2D eigenvalue weighted by Gasteiger charge is -2.32. The standard InChI is InChI=1S/C24H21F3N6O4S/c1-38(35,36)18-5-3-16(4-6-18)33-21-19(13-31-33)22(30-14-29-21)37-17-8-10-32(11-9-17)23(34)15-2-7-20(28-12-15)24(25,26)27/h2-7,12-14,17H,8-11H2,1H3. The van der Waals surface area contributed by atoms with Crippen LogP contribution in [0.3, 0.4) is 0 Å². The molecule has 4 heterocycles. The van der Waals surface area contributed by atoms with Crippen LogP contribution >= 0.6 is 0 Å². The van der Waals surface area contributed by atoms with Crippen LogP contribution in [0.2, 0.25) is 0 Å². The molecule has 1 saturated heterocycles. The highest BCUT2D eigenvalue weighted by Crippen LogP contribution is 2.29. The third kappa shape index (κ3) is 5.16. The van der Waals surface area contributed by atoms with Gasteiger partial charge in [-0.2, -0.15) is 18.3 Å². The summed E-state index contributed by atoms with van der Waals surface area (Å²) >= 11 is 0. The minimum atomic E-state index is -4.57. The minimum absolute atomic E-state index is 0.0897. The number of amides is 1. The molecule has 1 aromatic carbocycles. The molecule has 0 saturated carbocycles. The fraction of sp³-hybridized carbons (Fsp3) is 0.292. The van der Waals surface area contributed by atoms with Crippen LogP contribution in [0.25, 0.3) is 16.7 Å². The van der Waals surface area contributed by atoms with E-state index in [4.69, 9.17) is 4.74 Å². The molecule has 3 aromatic heterocycles. The molecule has 0 spiro atoms. The number of aromatic nitrogens is 5. The zero-order valence-electron chi connectivity index (χ0n) is 20.0. The Morgan fingerprint density at radius 1 is 1.00 bits per heavy atom. The van der Waals surface area contributed by atoms with Gasteiger partial charge >= 0.3 is 6.18 Å². The van der Waals surface area contributed by atoms with Crippen LogP contribution in [-0.2, 0) is 16.0 Å². The molecule has 198 valence electrons. The van der Waals surface area contributed by atoms with Crippen molar-refractivity contribution in [1.82, 2.24) is 29.6 Å². The Morgan fingerprint density at radius 3 is 2.32 bits per heavy atom. The summed E-state index contributed by atoms with van der Waals surface area (Å²) < 4.78 is 69.3. The molecule has 14 heteroatoms. The molecule has 1 amide bonds. The summed E-state index contributed by atoms with van der Waals surface area (Å²) in [5.74, 6) is -0.0667. The van der Waals surface area contributed by atoms with Gasteiger partial charge in [-0.05, 0) is 36.4 Å². The van der Waals surface area contributed by atoms with E-state index in [1.165, 1.54) is 18.5 Å². The number of carbonyl (C=O) groups excluding carboxylic acids is 1. The Labute approximate surface area is 215 Å². The van der Waals surface area contributed by atoms with Crippen molar-refractivity contribution < 1.29 is 31.1 Å². The van der Waals surface area contributed by atoms with Gasteiger partial charge in [0.1, 0.15) is 23.5 Å². The second-order valence-corrected chi connectivity index (χ2v) is 10.8. The molecule has 38 heavy (non-hydrogen) atoms. The second kappa shape index (κ2) is 9.67. The molecule has 0 radical (unpaired) electrons. The van der Waals surface area contributed by atoms with E-state index < -0.39 is 27.6 Å². The van der Waals surface area contributed by atoms with Crippen molar-refractivity contribution in [2.45, 2.75) is 30.0 Å². The fourth-order valence-electron chi connectivity index (χ4n) is 4.15. The van der Waals surface area contributed by atoms with Crippen LogP contribution in [0.4, 0.5) is 13.2 Å². The third-order valence-corrected chi connectivity index (χ3v) is 7.28. The SMILES string of the molecule is CS(=O)(=O)c1ccc(-n2ncc3c(OC4CCN(C(=O)c5ccc(C(F)(F)F)nc5)CC4)ncnc32)cc1. The number of halogens is 3. The second-order valence-electron chi connectivity index (χ2n) is 8.78. The van der Waals surface area contributed by atoms with E-state index in [1.807, 2.05) is 0 Å². The van der Waals surface area contributed by atoms with Gasteiger partial charge in [0.25, 0.3) is 5.91 Å². The maximum absolute atomic E-state index is 12.7. The van der Waals surface area contributed by atoms with Crippen LogP contribution < -0.4 is 4.74 Å². The zero-order chi connectivity index (χ0) is 27.1. The van der Waals surface area contributed by atoms with E-state index in [0.717, 1.165) is 24.6 Å². The third-order valence-electron chi connectivity index (χ3n) is 6.15. The normalized spacial score (nSPS) is 15.1. The van der Waals surface area contributed by atoms with Gasteiger partial charge in [0.2, 0.25) is 5.88 Å².